The fourth-order valence-electron chi connectivity index (χ4n) is 9.36. The molecule has 0 saturated carbocycles. The quantitative estimate of drug-likeness (QED) is 0.0261. The first-order chi connectivity index (χ1) is 38.5. The van der Waals surface area contributed by atoms with Crippen molar-refractivity contribution >= 4 is 17.9 Å². The first-order valence-corrected chi connectivity index (χ1v) is 33.2. The normalized spacial score (nSPS) is 12.7. The highest BCUT2D eigenvalue weighted by Crippen LogP contribution is 2.17. The van der Waals surface area contributed by atoms with Gasteiger partial charge in [0.15, 0.2) is 6.10 Å². The van der Waals surface area contributed by atoms with E-state index in [2.05, 4.69) is 118 Å². The Kier molecular flexibility index (Phi) is 62.7. The van der Waals surface area contributed by atoms with Gasteiger partial charge in [-0.3, -0.25) is 14.4 Å². The molecule has 448 valence electrons. The van der Waals surface area contributed by atoms with Gasteiger partial charge in [0, 0.05) is 19.3 Å². The number of hydrogen-bond donors (Lipinski definition) is 0. The first kappa shape index (κ1) is 74.3. The van der Waals surface area contributed by atoms with Crippen LogP contribution in [0.4, 0.5) is 0 Å². The highest BCUT2D eigenvalue weighted by atomic mass is 16.6. The van der Waals surface area contributed by atoms with Gasteiger partial charge in [-0.25, -0.2) is 0 Å². The Balaban J connectivity index is 4.36. The zero-order valence-corrected chi connectivity index (χ0v) is 51.4. The average Bonchev–Trinajstić information content (AvgIpc) is 3.44. The summed E-state index contributed by atoms with van der Waals surface area (Å²) in [6.45, 7) is 6.53. The molecule has 6 heteroatoms. The number of ether oxygens (including phenoxy) is 3. The fourth-order valence-corrected chi connectivity index (χ4v) is 9.36. The molecule has 6 nitrogen and oxygen atoms in total. The largest absolute Gasteiger partial charge is 0.462 e. The summed E-state index contributed by atoms with van der Waals surface area (Å²) in [7, 11) is 0. The second-order valence-electron chi connectivity index (χ2n) is 22.0. The van der Waals surface area contributed by atoms with Crippen LogP contribution in [-0.2, 0) is 28.6 Å². The second-order valence-corrected chi connectivity index (χ2v) is 22.0. The molecule has 0 aliphatic heterocycles. The van der Waals surface area contributed by atoms with Gasteiger partial charge in [-0.05, 0) is 103 Å². The molecule has 78 heavy (non-hydrogen) atoms. The summed E-state index contributed by atoms with van der Waals surface area (Å²) in [5.41, 5.74) is 0. The Morgan fingerprint density at radius 1 is 0.269 bits per heavy atom. The number of carbonyl (C=O) groups is 3. The van der Waals surface area contributed by atoms with Crippen LogP contribution in [0.3, 0.4) is 0 Å². The van der Waals surface area contributed by atoms with Gasteiger partial charge in [0.1, 0.15) is 13.2 Å². The highest BCUT2D eigenvalue weighted by Gasteiger charge is 2.19. The van der Waals surface area contributed by atoms with Gasteiger partial charge in [-0.1, -0.05) is 298 Å². The summed E-state index contributed by atoms with van der Waals surface area (Å²) in [6.07, 6.45) is 88.4. The van der Waals surface area contributed by atoms with Crippen molar-refractivity contribution in [2.45, 2.75) is 329 Å². The third-order valence-electron chi connectivity index (χ3n) is 14.3. The lowest BCUT2D eigenvalue weighted by atomic mass is 10.0. The predicted octanol–water partition coefficient (Wildman–Crippen LogP) is 22.8. The van der Waals surface area contributed by atoms with E-state index in [0.717, 1.165) is 122 Å². The Hall–Kier alpha value is -3.67. The molecule has 0 aliphatic rings. The third kappa shape index (κ3) is 63.2. The van der Waals surface area contributed by atoms with Crippen molar-refractivity contribution in [2.75, 3.05) is 13.2 Å². The van der Waals surface area contributed by atoms with Gasteiger partial charge < -0.3 is 14.2 Å². The summed E-state index contributed by atoms with van der Waals surface area (Å²) >= 11 is 0. The molecular weight excluding hydrogens is 961 g/mol. The van der Waals surface area contributed by atoms with E-state index in [4.69, 9.17) is 14.2 Å². The number of unbranched alkanes of at least 4 members (excludes halogenated alkanes) is 33. The van der Waals surface area contributed by atoms with Crippen LogP contribution in [0.25, 0.3) is 0 Å². The second kappa shape index (κ2) is 65.8. The molecule has 1 atom stereocenters. The van der Waals surface area contributed by atoms with E-state index >= 15 is 0 Å². The van der Waals surface area contributed by atoms with Gasteiger partial charge in [0.05, 0.1) is 0 Å². The first-order valence-electron chi connectivity index (χ1n) is 33.2. The average molecular weight is 1090 g/mol. The molecule has 0 heterocycles. The van der Waals surface area contributed by atoms with Crippen LogP contribution in [0.1, 0.15) is 323 Å². The molecule has 0 aromatic rings. The third-order valence-corrected chi connectivity index (χ3v) is 14.3. The van der Waals surface area contributed by atoms with Crippen molar-refractivity contribution in [1.29, 1.82) is 0 Å². The van der Waals surface area contributed by atoms with Crippen LogP contribution in [0.5, 0.6) is 0 Å². The van der Waals surface area contributed by atoms with E-state index < -0.39 is 6.10 Å². The van der Waals surface area contributed by atoms with Crippen molar-refractivity contribution < 1.29 is 28.6 Å². The molecule has 0 radical (unpaired) electrons. The molecule has 0 amide bonds. The van der Waals surface area contributed by atoms with Gasteiger partial charge in [-0.2, -0.15) is 0 Å². The number of rotatable bonds is 60. The maximum atomic E-state index is 12.9. The summed E-state index contributed by atoms with van der Waals surface area (Å²) in [5, 5.41) is 0. The molecule has 0 aliphatic carbocycles. The fraction of sp³-hybridized carbons (Fsp3) is 0.736. The monoisotopic (exact) mass is 1080 g/mol. The molecule has 0 aromatic heterocycles. The lowest BCUT2D eigenvalue weighted by Gasteiger charge is -2.18. The Labute approximate surface area is 483 Å². The van der Waals surface area contributed by atoms with Gasteiger partial charge in [0.2, 0.25) is 0 Å². The molecule has 0 aromatic carbocycles. The lowest BCUT2D eigenvalue weighted by molar-refractivity contribution is -0.167. The predicted molar refractivity (Wildman–Crippen MR) is 339 cm³/mol. The minimum Gasteiger partial charge on any atom is -0.462 e. The van der Waals surface area contributed by atoms with E-state index in [-0.39, 0.29) is 31.1 Å². The van der Waals surface area contributed by atoms with E-state index in [1.54, 1.807) is 0 Å². The minimum atomic E-state index is -0.787. The maximum Gasteiger partial charge on any atom is 0.306 e. The summed E-state index contributed by atoms with van der Waals surface area (Å²) in [5.74, 6) is -0.891. The topological polar surface area (TPSA) is 78.9 Å². The number of hydrogen-bond acceptors (Lipinski definition) is 6. The standard InChI is InChI=1S/C72H124O6/c1-4-7-10-13-16-19-22-25-28-31-32-33-34-35-36-37-38-39-40-42-44-47-50-53-56-59-62-65-71(74)77-68-69(67-76-70(73)64-61-58-55-52-49-46-43-30-27-24-21-18-15-12-9-6-3)78-72(75)66-63-60-57-54-51-48-45-41-29-26-23-20-17-14-11-8-5-2/h7,10,16,19,21,24-25,28,30,32-33,35-36,38-39,43,69H,4-6,8-9,11-15,17-18,20,22-23,26-27,29,31,34,37,40-42,44-68H2,1-3H3/b10-7-,19-16-,24-21-,28-25-,33-32-,36-35-,39-38-,43-30-. The minimum absolute atomic E-state index is 0.0841. The smallest absolute Gasteiger partial charge is 0.306 e. The van der Waals surface area contributed by atoms with Crippen LogP contribution >= 0.6 is 0 Å². The van der Waals surface area contributed by atoms with E-state index in [9.17, 15) is 14.4 Å². The number of allylic oxidation sites excluding steroid dienone is 16. The van der Waals surface area contributed by atoms with Crippen LogP contribution in [0.15, 0.2) is 97.2 Å². The van der Waals surface area contributed by atoms with E-state index in [1.807, 2.05) is 0 Å². The molecule has 1 unspecified atom stereocenters. The van der Waals surface area contributed by atoms with Gasteiger partial charge in [-0.15, -0.1) is 0 Å². The zero-order valence-electron chi connectivity index (χ0n) is 51.4. The van der Waals surface area contributed by atoms with Crippen molar-refractivity contribution in [3.8, 4) is 0 Å². The molecule has 0 saturated heterocycles. The van der Waals surface area contributed by atoms with Gasteiger partial charge in [0.25, 0.3) is 0 Å². The van der Waals surface area contributed by atoms with Crippen LogP contribution in [0, 0.1) is 0 Å². The maximum absolute atomic E-state index is 12.9. The summed E-state index contributed by atoms with van der Waals surface area (Å²) in [6, 6.07) is 0. The molecule has 0 fully saturated rings. The van der Waals surface area contributed by atoms with Crippen molar-refractivity contribution in [3.05, 3.63) is 97.2 Å². The van der Waals surface area contributed by atoms with E-state index in [0.29, 0.717) is 19.3 Å². The number of esters is 3. The Morgan fingerprint density at radius 3 is 0.795 bits per heavy atom. The summed E-state index contributed by atoms with van der Waals surface area (Å²) < 4.78 is 16.9. The van der Waals surface area contributed by atoms with Crippen molar-refractivity contribution in [1.82, 2.24) is 0 Å². The highest BCUT2D eigenvalue weighted by molar-refractivity contribution is 5.71. The molecular formula is C72H124O6. The van der Waals surface area contributed by atoms with Crippen LogP contribution < -0.4 is 0 Å². The van der Waals surface area contributed by atoms with E-state index in [1.165, 1.54) is 161 Å². The number of carbonyl (C=O) groups excluding carboxylic acids is 3. The van der Waals surface area contributed by atoms with Crippen molar-refractivity contribution in [3.63, 3.8) is 0 Å². The van der Waals surface area contributed by atoms with Gasteiger partial charge >= 0.3 is 17.9 Å². The molecule has 0 rings (SSSR count). The molecule has 0 N–H and O–H groups in total. The van der Waals surface area contributed by atoms with Crippen LogP contribution in [-0.4, -0.2) is 37.2 Å². The molecule has 0 bridgehead atoms. The van der Waals surface area contributed by atoms with Crippen LogP contribution in [0.2, 0.25) is 0 Å². The SMILES string of the molecule is CC/C=C\C/C=C\C/C=C\C/C=C\C/C=C\C/C=C\CCCCCCCCCCC(=O)OCC(COC(=O)CCCCCCC/C=C\C/C=C\CCCCCC)OC(=O)CCCCCCCCCCCCCCCCCCC. The Bertz CT molecular complexity index is 1530. The lowest BCUT2D eigenvalue weighted by Crippen LogP contribution is -2.30. The summed E-state index contributed by atoms with van der Waals surface area (Å²) in [4.78, 5) is 38.4. The Morgan fingerprint density at radius 2 is 0.500 bits per heavy atom. The zero-order chi connectivity index (χ0) is 56.4. The van der Waals surface area contributed by atoms with Crippen molar-refractivity contribution in [2.24, 2.45) is 0 Å². The molecule has 0 spiro atoms.